The van der Waals surface area contributed by atoms with Crippen LogP contribution in [0.2, 0.25) is 5.02 Å². The lowest BCUT2D eigenvalue weighted by Gasteiger charge is -2.31. The molecule has 1 atom stereocenters. The van der Waals surface area contributed by atoms with Gasteiger partial charge in [-0.3, -0.25) is 9.48 Å². The summed E-state index contributed by atoms with van der Waals surface area (Å²) in [7, 11) is 0. The molecule has 0 unspecified atom stereocenters. The molecular weight excluding hydrogens is 396 g/mol. The highest BCUT2D eigenvalue weighted by molar-refractivity contribution is 6.30. The predicted octanol–water partition coefficient (Wildman–Crippen LogP) is 6.00. The van der Waals surface area contributed by atoms with E-state index in [2.05, 4.69) is 11.8 Å². The van der Waals surface area contributed by atoms with E-state index < -0.39 is 0 Å². The maximum absolute atomic E-state index is 13.2. The Labute approximate surface area is 181 Å². The lowest BCUT2D eigenvalue weighted by Crippen LogP contribution is -2.41. The summed E-state index contributed by atoms with van der Waals surface area (Å²) in [6.07, 6.45) is 3.95. The van der Waals surface area contributed by atoms with Crippen LogP contribution in [-0.2, 0) is 6.54 Å². The molecule has 2 heterocycles. The lowest BCUT2D eigenvalue weighted by molar-refractivity contribution is 0.0651. The van der Waals surface area contributed by atoms with Gasteiger partial charge in [-0.25, -0.2) is 4.85 Å². The van der Waals surface area contributed by atoms with Crippen LogP contribution in [-0.4, -0.2) is 27.1 Å². The Kier molecular flexibility index (Phi) is 5.43. The monoisotopic (exact) mass is 416 g/mol. The van der Waals surface area contributed by atoms with Crippen LogP contribution in [0.3, 0.4) is 0 Å². The van der Waals surface area contributed by atoms with Crippen LogP contribution in [0.25, 0.3) is 22.2 Å². The van der Waals surface area contributed by atoms with Crippen molar-refractivity contribution in [3.63, 3.8) is 0 Å². The van der Waals surface area contributed by atoms with E-state index in [-0.39, 0.29) is 11.9 Å². The second-order valence-electron chi connectivity index (χ2n) is 7.40. The Morgan fingerprint density at radius 1 is 1.23 bits per heavy atom. The maximum Gasteiger partial charge on any atom is 0.272 e. The first-order chi connectivity index (χ1) is 14.5. The van der Waals surface area contributed by atoms with E-state index in [0.717, 1.165) is 22.4 Å². The van der Waals surface area contributed by atoms with Crippen LogP contribution in [0, 0.1) is 6.57 Å². The molecule has 0 bridgehead atoms. The van der Waals surface area contributed by atoms with E-state index in [1.165, 1.54) is 0 Å². The van der Waals surface area contributed by atoms with Crippen molar-refractivity contribution < 1.29 is 4.79 Å². The smallest absolute Gasteiger partial charge is 0.272 e. The molecule has 0 aliphatic carbocycles. The van der Waals surface area contributed by atoms with E-state index in [1.807, 2.05) is 65.1 Å². The predicted molar refractivity (Wildman–Crippen MR) is 120 cm³/mol. The third kappa shape index (κ3) is 3.74. The number of rotatable bonds is 4. The molecule has 1 aliphatic rings. The van der Waals surface area contributed by atoms with E-state index >= 15 is 0 Å². The molecule has 30 heavy (non-hydrogen) atoms. The number of aromatic nitrogens is 2. The molecule has 5 nitrogen and oxygen atoms in total. The summed E-state index contributed by atoms with van der Waals surface area (Å²) in [6.45, 7) is 12.2. The quantitative estimate of drug-likeness (QED) is 0.489. The Balaban J connectivity index is 1.66. The average Bonchev–Trinajstić information content (AvgIpc) is 3.19. The van der Waals surface area contributed by atoms with Crippen molar-refractivity contribution in [2.75, 3.05) is 6.54 Å². The van der Waals surface area contributed by atoms with Crippen molar-refractivity contribution in [1.82, 2.24) is 14.7 Å². The Morgan fingerprint density at radius 3 is 2.70 bits per heavy atom. The molecule has 0 fully saturated rings. The van der Waals surface area contributed by atoms with Crippen LogP contribution in [0.5, 0.6) is 0 Å². The minimum atomic E-state index is -0.0392. The molecule has 1 amide bonds. The van der Waals surface area contributed by atoms with Gasteiger partial charge in [-0.05, 0) is 43.2 Å². The first-order valence-electron chi connectivity index (χ1n) is 9.78. The van der Waals surface area contributed by atoms with Crippen molar-refractivity contribution in [2.45, 2.75) is 26.4 Å². The number of fused-ring (bicyclic) bond motifs is 1. The molecule has 4 rings (SSSR count). The van der Waals surface area contributed by atoms with Gasteiger partial charge in [0.25, 0.3) is 5.91 Å². The molecular formula is C24H21ClN4O. The second-order valence-corrected chi connectivity index (χ2v) is 7.84. The fourth-order valence-corrected chi connectivity index (χ4v) is 3.96. The molecule has 0 N–H and O–H groups in total. The zero-order valence-electron chi connectivity index (χ0n) is 16.8. The number of nitrogens with zero attached hydrogens (tertiary/aromatic N) is 4. The van der Waals surface area contributed by atoms with Gasteiger partial charge in [0.1, 0.15) is 5.69 Å². The maximum atomic E-state index is 13.2. The molecule has 0 radical (unpaired) electrons. The highest BCUT2D eigenvalue weighted by Gasteiger charge is 2.31. The molecule has 0 saturated carbocycles. The van der Waals surface area contributed by atoms with E-state index in [9.17, 15) is 4.79 Å². The summed E-state index contributed by atoms with van der Waals surface area (Å²) < 4.78 is 1.82. The fourth-order valence-electron chi connectivity index (χ4n) is 3.78. The van der Waals surface area contributed by atoms with Gasteiger partial charge in [0.05, 0.1) is 18.3 Å². The minimum absolute atomic E-state index is 0.0392. The van der Waals surface area contributed by atoms with E-state index in [4.69, 9.17) is 23.3 Å². The number of benzene rings is 2. The summed E-state index contributed by atoms with van der Waals surface area (Å²) in [5.74, 6) is -0.0392. The topological polar surface area (TPSA) is 42.5 Å². The van der Waals surface area contributed by atoms with Crippen molar-refractivity contribution in [2.24, 2.45) is 0 Å². The van der Waals surface area contributed by atoms with Gasteiger partial charge in [-0.15, -0.1) is 0 Å². The van der Waals surface area contributed by atoms with Gasteiger partial charge in [-0.1, -0.05) is 54.1 Å². The first kappa shape index (κ1) is 19.9. The van der Waals surface area contributed by atoms with Crippen LogP contribution in [0.1, 0.15) is 41.5 Å². The molecule has 1 aliphatic heterocycles. The number of amides is 1. The van der Waals surface area contributed by atoms with Gasteiger partial charge >= 0.3 is 0 Å². The summed E-state index contributed by atoms with van der Waals surface area (Å²) in [6, 6.07) is 15.0. The lowest BCUT2D eigenvalue weighted by atomic mass is 10.0. The van der Waals surface area contributed by atoms with Crippen LogP contribution in [0.15, 0.2) is 54.6 Å². The molecule has 2 aromatic carbocycles. The molecule has 150 valence electrons. The number of halogens is 1. The largest absolute Gasteiger partial charge is 0.331 e. The van der Waals surface area contributed by atoms with Crippen molar-refractivity contribution in [3.8, 4) is 11.3 Å². The standard InChI is InChI=1S/C24H21ClN4O/c1-4-5-18-12-19(25)8-11-21(18)22-13-23-24(30)28(14-16(2)29(23)27-22)15-17-6-9-20(26-3)10-7-17/h4-13,16H,14-15H2,1-2H3/t16-/m0/s1. The Morgan fingerprint density at radius 2 is 2.00 bits per heavy atom. The van der Waals surface area contributed by atoms with Crippen molar-refractivity contribution in [3.05, 3.63) is 87.9 Å². The van der Waals surface area contributed by atoms with Gasteiger partial charge < -0.3 is 4.90 Å². The Hall–Kier alpha value is -3.36. The first-order valence-corrected chi connectivity index (χ1v) is 10.2. The highest BCUT2D eigenvalue weighted by Crippen LogP contribution is 2.31. The zero-order valence-corrected chi connectivity index (χ0v) is 17.6. The van der Waals surface area contributed by atoms with E-state index in [0.29, 0.717) is 29.5 Å². The summed E-state index contributed by atoms with van der Waals surface area (Å²) >= 11 is 6.17. The van der Waals surface area contributed by atoms with Gasteiger partial charge in [0, 0.05) is 23.7 Å². The second kappa shape index (κ2) is 8.17. The number of carbonyl (C=O) groups is 1. The van der Waals surface area contributed by atoms with Crippen LogP contribution < -0.4 is 0 Å². The fraction of sp³-hybridized carbons (Fsp3) is 0.208. The summed E-state index contributed by atoms with van der Waals surface area (Å²) in [4.78, 5) is 18.4. The third-order valence-electron chi connectivity index (χ3n) is 5.22. The molecule has 0 spiro atoms. The molecule has 6 heteroatoms. The van der Waals surface area contributed by atoms with Crippen LogP contribution in [0.4, 0.5) is 5.69 Å². The molecule has 1 aromatic heterocycles. The van der Waals surface area contributed by atoms with E-state index in [1.54, 1.807) is 12.1 Å². The highest BCUT2D eigenvalue weighted by atomic mass is 35.5. The number of allylic oxidation sites excluding steroid dienone is 1. The normalized spacial score (nSPS) is 16.0. The van der Waals surface area contributed by atoms with Gasteiger partial charge in [0.15, 0.2) is 5.69 Å². The van der Waals surface area contributed by atoms with Crippen molar-refractivity contribution in [1.29, 1.82) is 0 Å². The minimum Gasteiger partial charge on any atom is -0.331 e. The van der Waals surface area contributed by atoms with Crippen molar-refractivity contribution >= 4 is 29.3 Å². The Bertz CT molecular complexity index is 1170. The summed E-state index contributed by atoms with van der Waals surface area (Å²) in [5, 5.41) is 5.41. The average molecular weight is 417 g/mol. The third-order valence-corrected chi connectivity index (χ3v) is 5.45. The number of carbonyl (C=O) groups excluding carboxylic acids is 1. The molecule has 3 aromatic rings. The van der Waals surface area contributed by atoms with Gasteiger partial charge in [0.2, 0.25) is 0 Å². The zero-order chi connectivity index (χ0) is 21.3. The van der Waals surface area contributed by atoms with Gasteiger partial charge in [-0.2, -0.15) is 5.10 Å². The van der Waals surface area contributed by atoms with Crippen LogP contribution >= 0.6 is 11.6 Å². The number of hydrogen-bond acceptors (Lipinski definition) is 2. The summed E-state index contributed by atoms with van der Waals surface area (Å²) in [5.41, 5.74) is 4.86. The number of hydrogen-bond donors (Lipinski definition) is 0. The SMILES string of the molecule is [C-]#[N+]c1ccc(CN2C[C@H](C)n3nc(-c4ccc(Cl)cc4C=CC)cc3C2=O)cc1. The molecule has 0 saturated heterocycles.